The summed E-state index contributed by atoms with van der Waals surface area (Å²) in [5.41, 5.74) is 2.04. The lowest BCUT2D eigenvalue weighted by atomic mass is 10.2. The number of anilines is 2. The third-order valence-electron chi connectivity index (χ3n) is 5.47. The third-order valence-corrected chi connectivity index (χ3v) is 5.47. The number of nitrogens with one attached hydrogen (secondary N) is 1. The molecule has 2 aromatic rings. The summed E-state index contributed by atoms with van der Waals surface area (Å²) >= 11 is 0. The zero-order chi connectivity index (χ0) is 18.6. The van der Waals surface area contributed by atoms with Gasteiger partial charge in [0.25, 0.3) is 5.91 Å². The molecule has 1 aliphatic carbocycles. The fraction of sp³-hybridized carbons (Fsp3) is 0.429. The van der Waals surface area contributed by atoms with Gasteiger partial charge in [-0.1, -0.05) is 25.0 Å². The van der Waals surface area contributed by atoms with Crippen LogP contribution in [-0.2, 0) is 0 Å². The highest BCUT2D eigenvalue weighted by Crippen LogP contribution is 2.23. The first-order chi connectivity index (χ1) is 13.2. The molecule has 0 radical (unpaired) electrons. The zero-order valence-electron chi connectivity index (χ0n) is 15.4. The van der Waals surface area contributed by atoms with E-state index in [1.807, 2.05) is 17.0 Å². The van der Waals surface area contributed by atoms with Crippen LogP contribution in [0.4, 0.5) is 15.8 Å². The van der Waals surface area contributed by atoms with Crippen LogP contribution in [0, 0.1) is 5.82 Å². The second kappa shape index (κ2) is 7.94. The predicted octanol–water partition coefficient (Wildman–Crippen LogP) is 3.54. The number of hydrogen-bond donors (Lipinski definition) is 1. The SMILES string of the molecule is O=C(c1ccc(NC2CCCC2)cn1)N1CCN(c2ccccc2F)CC1. The Morgan fingerprint density at radius 3 is 2.44 bits per heavy atom. The van der Waals surface area contributed by atoms with Gasteiger partial charge in [-0.3, -0.25) is 4.79 Å². The third kappa shape index (κ3) is 4.04. The normalized spacial score (nSPS) is 18.0. The summed E-state index contributed by atoms with van der Waals surface area (Å²) in [5, 5.41) is 3.49. The van der Waals surface area contributed by atoms with Gasteiger partial charge < -0.3 is 15.1 Å². The molecule has 0 spiro atoms. The van der Waals surface area contributed by atoms with Crippen LogP contribution in [0.1, 0.15) is 36.2 Å². The monoisotopic (exact) mass is 368 g/mol. The number of benzene rings is 1. The minimum absolute atomic E-state index is 0.0596. The lowest BCUT2D eigenvalue weighted by molar-refractivity contribution is 0.0741. The summed E-state index contributed by atoms with van der Waals surface area (Å²) in [6.07, 6.45) is 6.71. The summed E-state index contributed by atoms with van der Waals surface area (Å²) < 4.78 is 13.9. The molecule has 1 amide bonds. The average Bonchev–Trinajstić information content (AvgIpc) is 3.22. The zero-order valence-corrected chi connectivity index (χ0v) is 15.4. The topological polar surface area (TPSA) is 48.5 Å². The molecule has 1 N–H and O–H groups in total. The van der Waals surface area contributed by atoms with Crippen molar-refractivity contribution in [1.29, 1.82) is 0 Å². The molecule has 0 atom stereocenters. The van der Waals surface area contributed by atoms with Crippen LogP contribution in [0.3, 0.4) is 0 Å². The number of nitrogens with zero attached hydrogens (tertiary/aromatic N) is 3. The Balaban J connectivity index is 1.34. The Hall–Kier alpha value is -2.63. The Morgan fingerprint density at radius 2 is 1.78 bits per heavy atom. The van der Waals surface area contributed by atoms with Crippen molar-refractivity contribution in [2.45, 2.75) is 31.7 Å². The molecule has 1 saturated carbocycles. The molecule has 5 nitrogen and oxygen atoms in total. The largest absolute Gasteiger partial charge is 0.381 e. The molecule has 2 fully saturated rings. The van der Waals surface area contributed by atoms with E-state index in [4.69, 9.17) is 0 Å². The summed E-state index contributed by atoms with van der Waals surface area (Å²) in [6, 6.07) is 11.0. The molecule has 6 heteroatoms. The molecule has 4 rings (SSSR count). The van der Waals surface area contributed by atoms with Crippen LogP contribution in [-0.4, -0.2) is 48.0 Å². The second-order valence-electron chi connectivity index (χ2n) is 7.29. The van der Waals surface area contributed by atoms with Crippen molar-refractivity contribution in [1.82, 2.24) is 9.88 Å². The quantitative estimate of drug-likeness (QED) is 0.897. The summed E-state index contributed by atoms with van der Waals surface area (Å²) in [4.78, 5) is 20.9. The van der Waals surface area contributed by atoms with E-state index in [-0.39, 0.29) is 11.7 Å². The van der Waals surface area contributed by atoms with Crippen LogP contribution in [0.2, 0.25) is 0 Å². The molecular weight excluding hydrogens is 343 g/mol. The number of para-hydroxylation sites is 1. The number of halogens is 1. The van der Waals surface area contributed by atoms with Crippen LogP contribution < -0.4 is 10.2 Å². The van der Waals surface area contributed by atoms with E-state index < -0.39 is 0 Å². The van der Waals surface area contributed by atoms with Gasteiger partial charge in [-0.15, -0.1) is 0 Å². The molecule has 2 heterocycles. The van der Waals surface area contributed by atoms with Crippen LogP contribution in [0.5, 0.6) is 0 Å². The first-order valence-corrected chi connectivity index (χ1v) is 9.72. The van der Waals surface area contributed by atoms with E-state index in [2.05, 4.69) is 10.3 Å². The molecule has 0 bridgehead atoms. The first-order valence-electron chi connectivity index (χ1n) is 9.72. The molecule has 0 unspecified atom stereocenters. The van der Waals surface area contributed by atoms with Gasteiger partial charge in [0.05, 0.1) is 17.6 Å². The van der Waals surface area contributed by atoms with E-state index in [0.717, 1.165) is 5.69 Å². The van der Waals surface area contributed by atoms with Gasteiger partial charge in [-0.05, 0) is 37.1 Å². The number of piperazine rings is 1. The second-order valence-corrected chi connectivity index (χ2v) is 7.29. The number of pyridine rings is 1. The summed E-state index contributed by atoms with van der Waals surface area (Å²) in [6.45, 7) is 2.37. The molecule has 1 saturated heterocycles. The Bertz CT molecular complexity index is 781. The highest BCUT2D eigenvalue weighted by molar-refractivity contribution is 5.92. The van der Waals surface area contributed by atoms with Crippen molar-refractivity contribution in [3.63, 3.8) is 0 Å². The highest BCUT2D eigenvalue weighted by Gasteiger charge is 2.24. The molecule has 1 aromatic heterocycles. The van der Waals surface area contributed by atoms with Crippen molar-refractivity contribution < 1.29 is 9.18 Å². The summed E-state index contributed by atoms with van der Waals surface area (Å²) in [7, 11) is 0. The molecule has 1 aromatic carbocycles. The fourth-order valence-corrected chi connectivity index (χ4v) is 3.93. The van der Waals surface area contributed by atoms with Crippen molar-refractivity contribution in [3.8, 4) is 0 Å². The van der Waals surface area contributed by atoms with Crippen molar-refractivity contribution >= 4 is 17.3 Å². The number of rotatable bonds is 4. The Morgan fingerprint density at radius 1 is 1.04 bits per heavy atom. The lowest BCUT2D eigenvalue weighted by Gasteiger charge is -2.36. The van der Waals surface area contributed by atoms with Gasteiger partial charge >= 0.3 is 0 Å². The van der Waals surface area contributed by atoms with Crippen molar-refractivity contribution in [2.24, 2.45) is 0 Å². The van der Waals surface area contributed by atoms with E-state index in [9.17, 15) is 9.18 Å². The smallest absolute Gasteiger partial charge is 0.272 e. The molecular formula is C21H25FN4O. The number of hydrogen-bond acceptors (Lipinski definition) is 4. The Labute approximate surface area is 159 Å². The molecule has 27 heavy (non-hydrogen) atoms. The molecule has 142 valence electrons. The van der Waals surface area contributed by atoms with E-state index in [1.165, 1.54) is 31.7 Å². The van der Waals surface area contributed by atoms with Gasteiger partial charge in [0, 0.05) is 32.2 Å². The van der Waals surface area contributed by atoms with Gasteiger partial charge in [0.1, 0.15) is 11.5 Å². The van der Waals surface area contributed by atoms with Crippen molar-refractivity contribution in [3.05, 3.63) is 54.1 Å². The minimum atomic E-state index is -0.218. The van der Waals surface area contributed by atoms with Crippen LogP contribution in [0.15, 0.2) is 42.6 Å². The number of carbonyl (C=O) groups excluding carboxylic acids is 1. The van der Waals surface area contributed by atoms with Gasteiger partial charge in [0.15, 0.2) is 0 Å². The first kappa shape index (κ1) is 17.8. The number of carbonyl (C=O) groups is 1. The van der Waals surface area contributed by atoms with Gasteiger partial charge in [-0.2, -0.15) is 0 Å². The number of aromatic nitrogens is 1. The van der Waals surface area contributed by atoms with Crippen LogP contribution >= 0.6 is 0 Å². The Kier molecular flexibility index (Phi) is 5.23. The van der Waals surface area contributed by atoms with Gasteiger partial charge in [0.2, 0.25) is 0 Å². The van der Waals surface area contributed by atoms with Gasteiger partial charge in [-0.25, -0.2) is 9.37 Å². The highest BCUT2D eigenvalue weighted by atomic mass is 19.1. The fourth-order valence-electron chi connectivity index (χ4n) is 3.93. The standard InChI is InChI=1S/C21H25FN4O/c22-18-7-3-4-8-20(18)25-11-13-26(14-12-25)21(27)19-10-9-17(15-23-19)24-16-5-1-2-6-16/h3-4,7-10,15-16,24H,1-2,5-6,11-14H2. The van der Waals surface area contributed by atoms with Crippen LogP contribution in [0.25, 0.3) is 0 Å². The maximum atomic E-state index is 13.9. The lowest BCUT2D eigenvalue weighted by Crippen LogP contribution is -2.49. The maximum absolute atomic E-state index is 13.9. The molecule has 1 aliphatic heterocycles. The molecule has 2 aliphatic rings. The predicted molar refractivity (Wildman–Crippen MR) is 105 cm³/mol. The van der Waals surface area contributed by atoms with E-state index in [1.54, 1.807) is 29.3 Å². The van der Waals surface area contributed by atoms with E-state index >= 15 is 0 Å². The summed E-state index contributed by atoms with van der Waals surface area (Å²) in [5.74, 6) is -0.278. The van der Waals surface area contributed by atoms with E-state index in [0.29, 0.717) is 43.6 Å². The van der Waals surface area contributed by atoms with Crippen molar-refractivity contribution in [2.75, 3.05) is 36.4 Å². The average molecular weight is 368 g/mol. The minimum Gasteiger partial charge on any atom is -0.381 e. The number of amides is 1. The maximum Gasteiger partial charge on any atom is 0.272 e.